The highest BCUT2D eigenvalue weighted by Crippen LogP contribution is 2.32. The molecule has 0 bridgehead atoms. The van der Waals surface area contributed by atoms with E-state index in [-0.39, 0.29) is 18.3 Å². The SMILES string of the molecule is NC(=O)O[C@H]1CO[C@H]2OCCC21. The van der Waals surface area contributed by atoms with Gasteiger partial charge in [-0.05, 0) is 6.42 Å². The smallest absolute Gasteiger partial charge is 0.404 e. The molecule has 1 amide bonds. The van der Waals surface area contributed by atoms with Gasteiger partial charge in [-0.1, -0.05) is 0 Å². The van der Waals surface area contributed by atoms with Crippen molar-refractivity contribution in [1.29, 1.82) is 0 Å². The van der Waals surface area contributed by atoms with Crippen molar-refractivity contribution in [3.8, 4) is 0 Å². The monoisotopic (exact) mass is 173 g/mol. The van der Waals surface area contributed by atoms with Crippen LogP contribution in [0.1, 0.15) is 6.42 Å². The van der Waals surface area contributed by atoms with Crippen LogP contribution in [-0.2, 0) is 14.2 Å². The Morgan fingerprint density at radius 2 is 2.33 bits per heavy atom. The largest absolute Gasteiger partial charge is 0.443 e. The van der Waals surface area contributed by atoms with Crippen molar-refractivity contribution in [2.24, 2.45) is 11.7 Å². The molecule has 2 saturated heterocycles. The number of rotatable bonds is 1. The molecule has 3 atom stereocenters. The topological polar surface area (TPSA) is 70.8 Å². The van der Waals surface area contributed by atoms with E-state index in [2.05, 4.69) is 0 Å². The Bertz CT molecular complexity index is 196. The van der Waals surface area contributed by atoms with Crippen molar-refractivity contribution in [3.63, 3.8) is 0 Å². The van der Waals surface area contributed by atoms with E-state index in [1.54, 1.807) is 0 Å². The molecule has 2 heterocycles. The second-order valence-electron chi connectivity index (χ2n) is 3.00. The Labute approximate surface area is 69.8 Å². The maximum absolute atomic E-state index is 10.4. The van der Waals surface area contributed by atoms with E-state index in [9.17, 15) is 4.79 Å². The lowest BCUT2D eigenvalue weighted by atomic mass is 10.0. The van der Waals surface area contributed by atoms with Gasteiger partial charge in [0.15, 0.2) is 6.29 Å². The van der Waals surface area contributed by atoms with Gasteiger partial charge in [-0.15, -0.1) is 0 Å². The molecule has 0 saturated carbocycles. The lowest BCUT2D eigenvalue weighted by molar-refractivity contribution is -0.0907. The van der Waals surface area contributed by atoms with Crippen LogP contribution in [0, 0.1) is 5.92 Å². The average Bonchev–Trinajstić information content (AvgIpc) is 2.52. The highest BCUT2D eigenvalue weighted by atomic mass is 16.7. The zero-order valence-electron chi connectivity index (χ0n) is 6.56. The van der Waals surface area contributed by atoms with Gasteiger partial charge in [-0.25, -0.2) is 4.79 Å². The molecule has 5 heteroatoms. The molecule has 0 aromatic carbocycles. The maximum Gasteiger partial charge on any atom is 0.404 e. The van der Waals surface area contributed by atoms with Crippen molar-refractivity contribution in [2.45, 2.75) is 18.8 Å². The summed E-state index contributed by atoms with van der Waals surface area (Å²) in [4.78, 5) is 10.4. The summed E-state index contributed by atoms with van der Waals surface area (Å²) in [5.41, 5.74) is 4.90. The summed E-state index contributed by atoms with van der Waals surface area (Å²) in [5, 5.41) is 0. The number of hydrogen-bond donors (Lipinski definition) is 1. The Balaban J connectivity index is 1.95. The third kappa shape index (κ3) is 1.25. The summed E-state index contributed by atoms with van der Waals surface area (Å²) in [5.74, 6) is 0.178. The van der Waals surface area contributed by atoms with Crippen LogP contribution in [0.2, 0.25) is 0 Å². The fourth-order valence-electron chi connectivity index (χ4n) is 1.70. The van der Waals surface area contributed by atoms with Gasteiger partial charge in [0, 0.05) is 0 Å². The number of ether oxygens (including phenoxy) is 3. The van der Waals surface area contributed by atoms with Gasteiger partial charge >= 0.3 is 6.09 Å². The van der Waals surface area contributed by atoms with E-state index in [4.69, 9.17) is 19.9 Å². The van der Waals surface area contributed by atoms with Crippen LogP contribution in [0.4, 0.5) is 4.79 Å². The summed E-state index contributed by atoms with van der Waals surface area (Å²) in [7, 11) is 0. The van der Waals surface area contributed by atoms with Crippen molar-refractivity contribution in [1.82, 2.24) is 0 Å². The van der Waals surface area contributed by atoms with Gasteiger partial charge in [-0.2, -0.15) is 0 Å². The van der Waals surface area contributed by atoms with E-state index in [1.807, 2.05) is 0 Å². The molecule has 2 rings (SSSR count). The summed E-state index contributed by atoms with van der Waals surface area (Å²) >= 11 is 0. The van der Waals surface area contributed by atoms with Crippen LogP contribution in [0.5, 0.6) is 0 Å². The molecule has 0 spiro atoms. The second kappa shape index (κ2) is 2.91. The molecule has 2 aliphatic rings. The molecule has 0 aliphatic carbocycles. The van der Waals surface area contributed by atoms with Gasteiger partial charge in [0.1, 0.15) is 6.10 Å². The van der Waals surface area contributed by atoms with Gasteiger partial charge in [0.25, 0.3) is 0 Å². The predicted molar refractivity (Wildman–Crippen MR) is 38.3 cm³/mol. The number of nitrogens with two attached hydrogens (primary N) is 1. The van der Waals surface area contributed by atoms with Crippen molar-refractivity contribution in [3.05, 3.63) is 0 Å². The van der Waals surface area contributed by atoms with E-state index in [0.717, 1.165) is 6.42 Å². The second-order valence-corrected chi connectivity index (χ2v) is 3.00. The van der Waals surface area contributed by atoms with Gasteiger partial charge in [-0.3, -0.25) is 0 Å². The minimum absolute atomic E-state index is 0.178. The molecular formula is C7H11NO4. The summed E-state index contributed by atoms with van der Waals surface area (Å²) < 4.78 is 15.3. The minimum atomic E-state index is -0.740. The Morgan fingerprint density at radius 3 is 3.08 bits per heavy atom. The number of primary amides is 1. The molecule has 5 nitrogen and oxygen atoms in total. The van der Waals surface area contributed by atoms with Gasteiger partial charge in [0.2, 0.25) is 0 Å². The van der Waals surface area contributed by atoms with Crippen LogP contribution in [0.15, 0.2) is 0 Å². The third-order valence-corrected chi connectivity index (χ3v) is 2.25. The number of carbonyl (C=O) groups excluding carboxylic acids is 1. The highest BCUT2D eigenvalue weighted by Gasteiger charge is 2.43. The molecular weight excluding hydrogens is 162 g/mol. The first-order chi connectivity index (χ1) is 5.77. The zero-order chi connectivity index (χ0) is 8.55. The Hall–Kier alpha value is -0.810. The molecule has 68 valence electrons. The van der Waals surface area contributed by atoms with Crippen molar-refractivity contribution >= 4 is 6.09 Å². The number of hydrogen-bond acceptors (Lipinski definition) is 4. The van der Waals surface area contributed by atoms with E-state index >= 15 is 0 Å². The van der Waals surface area contributed by atoms with Crippen LogP contribution < -0.4 is 5.73 Å². The fraction of sp³-hybridized carbons (Fsp3) is 0.857. The van der Waals surface area contributed by atoms with Crippen LogP contribution in [0.3, 0.4) is 0 Å². The number of carbonyl (C=O) groups is 1. The summed E-state index contributed by atoms with van der Waals surface area (Å²) in [6.45, 7) is 1.08. The fourth-order valence-corrected chi connectivity index (χ4v) is 1.70. The van der Waals surface area contributed by atoms with Gasteiger partial charge in [0.05, 0.1) is 19.1 Å². The molecule has 12 heavy (non-hydrogen) atoms. The molecule has 1 unspecified atom stereocenters. The average molecular weight is 173 g/mol. The highest BCUT2D eigenvalue weighted by molar-refractivity contribution is 5.64. The summed E-state index contributed by atoms with van der Waals surface area (Å²) in [6.07, 6.45) is -0.261. The van der Waals surface area contributed by atoms with E-state index < -0.39 is 6.09 Å². The minimum Gasteiger partial charge on any atom is -0.443 e. The first kappa shape index (κ1) is 7.82. The van der Waals surface area contributed by atoms with Crippen LogP contribution in [-0.4, -0.2) is 31.7 Å². The predicted octanol–water partition coefficient (Wildman–Crippen LogP) is -0.157. The Morgan fingerprint density at radius 1 is 1.50 bits per heavy atom. The zero-order valence-corrected chi connectivity index (χ0v) is 6.56. The lowest BCUT2D eigenvalue weighted by Gasteiger charge is -2.13. The molecule has 2 N–H and O–H groups in total. The van der Waals surface area contributed by atoms with E-state index in [1.165, 1.54) is 0 Å². The number of amides is 1. The normalized spacial score (nSPS) is 39.5. The van der Waals surface area contributed by atoms with Crippen molar-refractivity contribution < 1.29 is 19.0 Å². The maximum atomic E-state index is 10.4. The van der Waals surface area contributed by atoms with Crippen LogP contribution in [0.25, 0.3) is 0 Å². The first-order valence-electron chi connectivity index (χ1n) is 3.96. The van der Waals surface area contributed by atoms with E-state index in [0.29, 0.717) is 13.2 Å². The molecule has 0 aromatic heterocycles. The van der Waals surface area contributed by atoms with Crippen molar-refractivity contribution in [2.75, 3.05) is 13.2 Å². The molecule has 0 aromatic rings. The quantitative estimate of drug-likeness (QED) is 0.598. The van der Waals surface area contributed by atoms with Crippen LogP contribution >= 0.6 is 0 Å². The van der Waals surface area contributed by atoms with Gasteiger partial charge < -0.3 is 19.9 Å². The standard InChI is InChI=1S/C7H11NO4/c8-7(9)12-5-3-11-6-4(5)1-2-10-6/h4-6H,1-3H2,(H2,8,9)/t4?,5-,6+/m0/s1. The first-order valence-corrected chi connectivity index (χ1v) is 3.96. The molecule has 2 fully saturated rings. The number of fused-ring (bicyclic) bond motifs is 1. The lowest BCUT2D eigenvalue weighted by Crippen LogP contribution is -2.28. The third-order valence-electron chi connectivity index (χ3n) is 2.25. The Kier molecular flexibility index (Phi) is 1.90. The molecule has 0 radical (unpaired) electrons. The molecule has 2 aliphatic heterocycles. The summed E-state index contributed by atoms with van der Waals surface area (Å²) in [6, 6.07) is 0.